The predicted molar refractivity (Wildman–Crippen MR) is 84.5 cm³/mol. The fourth-order valence-electron chi connectivity index (χ4n) is 1.87. The van der Waals surface area contributed by atoms with Crippen LogP contribution in [0.5, 0.6) is 11.5 Å². The van der Waals surface area contributed by atoms with E-state index in [4.69, 9.17) is 9.47 Å². The lowest BCUT2D eigenvalue weighted by molar-refractivity contribution is -0.132. The van der Waals surface area contributed by atoms with E-state index in [1.165, 1.54) is 16.7 Å². The van der Waals surface area contributed by atoms with Crippen molar-refractivity contribution in [3.63, 3.8) is 0 Å². The average Bonchev–Trinajstić information content (AvgIpc) is 2.76. The zero-order valence-corrected chi connectivity index (χ0v) is 13.6. The lowest BCUT2D eigenvalue weighted by Gasteiger charge is -2.16. The van der Waals surface area contributed by atoms with Crippen LogP contribution >= 0.6 is 11.8 Å². The first kappa shape index (κ1) is 16.5. The van der Waals surface area contributed by atoms with Crippen molar-refractivity contribution in [2.75, 3.05) is 39.6 Å². The molecule has 1 aromatic rings. The maximum absolute atomic E-state index is 12.0. The van der Waals surface area contributed by atoms with Gasteiger partial charge in [0.15, 0.2) is 11.5 Å². The molecule has 0 radical (unpaired) electrons. The Morgan fingerprint density at radius 3 is 2.73 bits per heavy atom. The molecule has 2 amide bonds. The molecule has 2 rings (SSSR count). The molecule has 0 aliphatic carbocycles. The van der Waals surface area contributed by atoms with E-state index in [2.05, 4.69) is 5.32 Å². The Kier molecular flexibility index (Phi) is 5.94. The third kappa shape index (κ3) is 4.56. The number of thioether (sulfide) groups is 1. The first-order valence-corrected chi connectivity index (χ1v) is 8.05. The van der Waals surface area contributed by atoms with Gasteiger partial charge in [0.05, 0.1) is 25.5 Å². The number of fused-ring (bicyclic) bond motifs is 1. The summed E-state index contributed by atoms with van der Waals surface area (Å²) in [7, 11) is 3.17. The van der Waals surface area contributed by atoms with Crippen molar-refractivity contribution in [1.29, 1.82) is 0 Å². The van der Waals surface area contributed by atoms with Crippen LogP contribution in [0, 0.1) is 0 Å². The van der Waals surface area contributed by atoms with Crippen LogP contribution in [0.15, 0.2) is 23.1 Å². The lowest BCUT2D eigenvalue weighted by atomic mass is 10.3. The van der Waals surface area contributed by atoms with E-state index in [9.17, 15) is 9.59 Å². The zero-order chi connectivity index (χ0) is 15.9. The minimum absolute atomic E-state index is 0.0665. The second-order valence-corrected chi connectivity index (χ2v) is 5.92. The molecule has 6 nitrogen and oxygen atoms in total. The number of ether oxygens (including phenoxy) is 2. The van der Waals surface area contributed by atoms with Gasteiger partial charge >= 0.3 is 0 Å². The van der Waals surface area contributed by atoms with E-state index in [1.54, 1.807) is 14.1 Å². The summed E-state index contributed by atoms with van der Waals surface area (Å²) >= 11 is 1.41. The van der Waals surface area contributed by atoms with Crippen molar-refractivity contribution in [3.05, 3.63) is 18.2 Å². The quantitative estimate of drug-likeness (QED) is 0.823. The Hall–Kier alpha value is -1.89. The van der Waals surface area contributed by atoms with Crippen molar-refractivity contribution in [2.24, 2.45) is 0 Å². The first-order chi connectivity index (χ1) is 10.6. The molecular weight excluding hydrogens is 304 g/mol. The largest absolute Gasteiger partial charge is 0.490 e. The highest BCUT2D eigenvalue weighted by Crippen LogP contribution is 2.33. The van der Waals surface area contributed by atoms with E-state index in [-0.39, 0.29) is 24.1 Å². The molecule has 7 heteroatoms. The van der Waals surface area contributed by atoms with Crippen LogP contribution in [0.2, 0.25) is 0 Å². The van der Waals surface area contributed by atoms with Crippen molar-refractivity contribution in [2.45, 2.75) is 11.3 Å². The van der Waals surface area contributed by atoms with Crippen LogP contribution in [0.25, 0.3) is 0 Å². The van der Waals surface area contributed by atoms with Crippen molar-refractivity contribution < 1.29 is 19.1 Å². The molecule has 1 aromatic carbocycles. The molecule has 1 aliphatic rings. The van der Waals surface area contributed by atoms with E-state index < -0.39 is 0 Å². The Morgan fingerprint density at radius 1 is 1.27 bits per heavy atom. The molecule has 1 N–H and O–H groups in total. The molecule has 1 heterocycles. The summed E-state index contributed by atoms with van der Waals surface area (Å²) in [6, 6.07) is 5.66. The number of hydrogen-bond acceptors (Lipinski definition) is 5. The first-order valence-electron chi connectivity index (χ1n) is 7.07. The minimum Gasteiger partial charge on any atom is -0.490 e. The van der Waals surface area contributed by atoms with E-state index in [0.29, 0.717) is 19.0 Å². The fraction of sp³-hybridized carbons (Fsp3) is 0.467. The average molecular weight is 324 g/mol. The maximum Gasteiger partial charge on any atom is 0.239 e. The number of amides is 2. The van der Waals surface area contributed by atoms with Crippen LogP contribution in [-0.2, 0) is 9.59 Å². The van der Waals surface area contributed by atoms with Gasteiger partial charge < -0.3 is 19.7 Å². The second kappa shape index (κ2) is 7.93. The summed E-state index contributed by atoms with van der Waals surface area (Å²) in [5.41, 5.74) is 0. The molecule has 0 atom stereocenters. The van der Waals surface area contributed by atoms with Gasteiger partial charge in [-0.2, -0.15) is 0 Å². The summed E-state index contributed by atoms with van der Waals surface area (Å²) in [6.07, 6.45) is 0.861. The van der Waals surface area contributed by atoms with Gasteiger partial charge in [0.25, 0.3) is 0 Å². The van der Waals surface area contributed by atoms with Gasteiger partial charge in [0, 0.05) is 25.4 Å². The molecule has 0 aromatic heterocycles. The van der Waals surface area contributed by atoms with E-state index in [0.717, 1.165) is 17.1 Å². The molecule has 0 saturated carbocycles. The van der Waals surface area contributed by atoms with Crippen LogP contribution in [0.4, 0.5) is 0 Å². The van der Waals surface area contributed by atoms with E-state index in [1.807, 2.05) is 18.2 Å². The molecule has 120 valence electrons. The molecule has 0 fully saturated rings. The standard InChI is InChI=1S/C15H20N2O4S/c1-16-14(18)9-17(2)15(19)10-22-11-4-5-12-13(8-11)21-7-3-6-20-12/h4-5,8H,3,6-7,9-10H2,1-2H3,(H,16,18). The third-order valence-corrected chi connectivity index (χ3v) is 4.15. The summed E-state index contributed by atoms with van der Waals surface area (Å²) < 4.78 is 11.2. The predicted octanol–water partition coefficient (Wildman–Crippen LogP) is 1.14. The summed E-state index contributed by atoms with van der Waals surface area (Å²) in [5.74, 6) is 1.45. The Morgan fingerprint density at radius 2 is 2.00 bits per heavy atom. The van der Waals surface area contributed by atoms with Gasteiger partial charge in [0.2, 0.25) is 11.8 Å². The highest BCUT2D eigenvalue weighted by molar-refractivity contribution is 8.00. The number of nitrogens with one attached hydrogen (secondary N) is 1. The number of likely N-dealkylation sites (N-methyl/N-ethyl adjacent to an activating group) is 2. The third-order valence-electron chi connectivity index (χ3n) is 3.17. The van der Waals surface area contributed by atoms with Crippen molar-refractivity contribution in [3.8, 4) is 11.5 Å². The summed E-state index contributed by atoms with van der Waals surface area (Å²) in [5, 5.41) is 2.49. The smallest absolute Gasteiger partial charge is 0.239 e. The molecule has 22 heavy (non-hydrogen) atoms. The van der Waals surface area contributed by atoms with Gasteiger partial charge in [-0.1, -0.05) is 0 Å². The SMILES string of the molecule is CNC(=O)CN(C)C(=O)CSc1ccc2c(c1)OCCCO2. The zero-order valence-electron chi connectivity index (χ0n) is 12.8. The molecule has 0 saturated heterocycles. The van der Waals surface area contributed by atoms with Gasteiger partial charge in [-0.25, -0.2) is 0 Å². The van der Waals surface area contributed by atoms with Crippen LogP contribution < -0.4 is 14.8 Å². The minimum atomic E-state index is -0.184. The van der Waals surface area contributed by atoms with Crippen LogP contribution in [0.1, 0.15) is 6.42 Å². The number of carbonyl (C=O) groups is 2. The summed E-state index contributed by atoms with van der Waals surface area (Å²) in [4.78, 5) is 25.6. The lowest BCUT2D eigenvalue weighted by Crippen LogP contribution is -2.37. The fourth-order valence-corrected chi connectivity index (χ4v) is 2.74. The van der Waals surface area contributed by atoms with Gasteiger partial charge in [-0.05, 0) is 18.2 Å². The van der Waals surface area contributed by atoms with Crippen LogP contribution in [-0.4, -0.2) is 56.3 Å². The number of nitrogens with zero attached hydrogens (tertiary/aromatic N) is 1. The maximum atomic E-state index is 12.0. The molecule has 0 bridgehead atoms. The molecule has 0 spiro atoms. The monoisotopic (exact) mass is 324 g/mol. The van der Waals surface area contributed by atoms with Crippen molar-refractivity contribution in [1.82, 2.24) is 10.2 Å². The number of hydrogen-bond donors (Lipinski definition) is 1. The van der Waals surface area contributed by atoms with Crippen LogP contribution in [0.3, 0.4) is 0 Å². The van der Waals surface area contributed by atoms with E-state index >= 15 is 0 Å². The molecule has 1 aliphatic heterocycles. The number of benzene rings is 1. The second-order valence-electron chi connectivity index (χ2n) is 4.87. The Balaban J connectivity index is 1.90. The summed E-state index contributed by atoms with van der Waals surface area (Å²) in [6.45, 7) is 1.36. The molecule has 0 unspecified atom stereocenters. The molecular formula is C15H20N2O4S. The normalized spacial score (nSPS) is 13.2. The Bertz CT molecular complexity index is 550. The number of carbonyl (C=O) groups excluding carboxylic acids is 2. The highest BCUT2D eigenvalue weighted by Gasteiger charge is 2.14. The van der Waals surface area contributed by atoms with Gasteiger partial charge in [-0.3, -0.25) is 9.59 Å². The Labute approximate surface area is 134 Å². The van der Waals surface area contributed by atoms with Gasteiger partial charge in [0.1, 0.15) is 0 Å². The topological polar surface area (TPSA) is 67.9 Å². The van der Waals surface area contributed by atoms with Crippen molar-refractivity contribution >= 4 is 23.6 Å². The number of rotatable bonds is 5. The highest BCUT2D eigenvalue weighted by atomic mass is 32.2. The van der Waals surface area contributed by atoms with Gasteiger partial charge in [-0.15, -0.1) is 11.8 Å².